The van der Waals surface area contributed by atoms with Gasteiger partial charge in [0.05, 0.1) is 23.7 Å². The first kappa shape index (κ1) is 26.3. The highest BCUT2D eigenvalue weighted by molar-refractivity contribution is 5.98. The van der Waals surface area contributed by atoms with Crippen LogP contribution < -0.4 is 25.4 Å². The predicted molar refractivity (Wildman–Crippen MR) is 143 cm³/mol. The highest BCUT2D eigenvalue weighted by atomic mass is 19.1. The molecule has 1 aromatic heterocycles. The normalized spacial score (nSPS) is 10.8. The molecule has 38 heavy (non-hydrogen) atoms. The van der Waals surface area contributed by atoms with E-state index in [0.717, 1.165) is 5.56 Å². The molecule has 4 rings (SSSR count). The number of benzene rings is 3. The van der Waals surface area contributed by atoms with E-state index in [0.29, 0.717) is 52.6 Å². The van der Waals surface area contributed by atoms with E-state index in [2.05, 4.69) is 25.9 Å². The first-order valence-corrected chi connectivity index (χ1v) is 12.0. The number of urea groups is 1. The molecular weight excluding hydrogens is 489 g/mol. The van der Waals surface area contributed by atoms with Crippen molar-refractivity contribution in [2.75, 3.05) is 24.3 Å². The molecule has 0 saturated heterocycles. The number of aromatic nitrogens is 2. The summed E-state index contributed by atoms with van der Waals surface area (Å²) < 4.78 is 24.7. The number of amides is 3. The van der Waals surface area contributed by atoms with Gasteiger partial charge in [-0.05, 0) is 54.4 Å². The number of carbonyl (C=O) groups is 2. The Balaban J connectivity index is 1.41. The number of halogens is 1. The lowest BCUT2D eigenvalue weighted by Gasteiger charge is -2.14. The molecule has 0 radical (unpaired) electrons. The molecule has 0 fully saturated rings. The number of methoxy groups -OCH3 is 1. The van der Waals surface area contributed by atoms with E-state index in [1.807, 2.05) is 0 Å². The number of hydrogen-bond donors (Lipinski definition) is 3. The van der Waals surface area contributed by atoms with Gasteiger partial charge >= 0.3 is 6.03 Å². The molecule has 10 heteroatoms. The number of fused-ring (bicyclic) bond motifs is 1. The summed E-state index contributed by atoms with van der Waals surface area (Å²) in [7, 11) is 1.52. The fraction of sp³-hybridized carbons (Fsp3) is 0.214. The van der Waals surface area contributed by atoms with Gasteiger partial charge in [-0.3, -0.25) is 4.79 Å². The molecular formula is C28H28FN5O4. The lowest BCUT2D eigenvalue weighted by atomic mass is 10.1. The Hall–Kier alpha value is -4.73. The quantitative estimate of drug-likeness (QED) is 0.269. The third-order valence-corrected chi connectivity index (χ3v) is 5.62. The van der Waals surface area contributed by atoms with E-state index in [4.69, 9.17) is 9.47 Å². The SMILES string of the molecule is COc1cc2ncnc(Oc3ccc(NC(=O)NCCc4cccc(F)c4)cc3)c2cc1NC(=O)C(C)C. The molecule has 3 amide bonds. The lowest BCUT2D eigenvalue weighted by molar-refractivity contribution is -0.118. The zero-order valence-electron chi connectivity index (χ0n) is 21.2. The second kappa shape index (κ2) is 12.0. The highest BCUT2D eigenvalue weighted by Crippen LogP contribution is 2.35. The van der Waals surface area contributed by atoms with Crippen LogP contribution in [0.3, 0.4) is 0 Å². The largest absolute Gasteiger partial charge is 0.494 e. The second-order valence-corrected chi connectivity index (χ2v) is 8.78. The molecule has 0 unspecified atom stereocenters. The number of carbonyl (C=O) groups excluding carboxylic acids is 2. The Morgan fingerprint density at radius 2 is 1.79 bits per heavy atom. The number of anilines is 2. The number of ether oxygens (including phenoxy) is 2. The van der Waals surface area contributed by atoms with Crippen LogP contribution >= 0.6 is 0 Å². The van der Waals surface area contributed by atoms with Crippen LogP contribution in [0.4, 0.5) is 20.6 Å². The summed E-state index contributed by atoms with van der Waals surface area (Å²) in [5.41, 5.74) is 2.44. The van der Waals surface area contributed by atoms with Gasteiger partial charge in [0.15, 0.2) is 0 Å². The van der Waals surface area contributed by atoms with Crippen molar-refractivity contribution in [3.05, 3.63) is 78.4 Å². The monoisotopic (exact) mass is 517 g/mol. The smallest absolute Gasteiger partial charge is 0.319 e. The van der Waals surface area contributed by atoms with Gasteiger partial charge in [0, 0.05) is 24.2 Å². The standard InChI is InChI=1S/C28H28FN5O4/c1-17(2)26(35)34-24-14-22-23(15-25(24)37-3)31-16-32-27(22)38-21-9-7-20(8-10-21)33-28(36)30-12-11-18-5-4-6-19(29)13-18/h4-10,13-17H,11-12H2,1-3H3,(H,34,35)(H2,30,33,36). The van der Waals surface area contributed by atoms with Gasteiger partial charge in [0.1, 0.15) is 23.6 Å². The Morgan fingerprint density at radius 1 is 1.00 bits per heavy atom. The predicted octanol–water partition coefficient (Wildman–Crippen LogP) is 5.53. The fourth-order valence-electron chi connectivity index (χ4n) is 3.59. The number of hydrogen-bond acceptors (Lipinski definition) is 6. The van der Waals surface area contributed by atoms with Gasteiger partial charge < -0.3 is 25.4 Å². The molecule has 0 bridgehead atoms. The van der Waals surface area contributed by atoms with Gasteiger partial charge in [0.2, 0.25) is 11.8 Å². The average Bonchev–Trinajstić information content (AvgIpc) is 2.89. The van der Waals surface area contributed by atoms with E-state index in [1.165, 1.54) is 25.6 Å². The van der Waals surface area contributed by atoms with Crippen LogP contribution in [-0.2, 0) is 11.2 Å². The van der Waals surface area contributed by atoms with Crippen molar-refractivity contribution >= 4 is 34.2 Å². The summed E-state index contributed by atoms with van der Waals surface area (Å²) in [6.07, 6.45) is 1.90. The van der Waals surface area contributed by atoms with Crippen LogP contribution in [0.1, 0.15) is 19.4 Å². The van der Waals surface area contributed by atoms with Crippen LogP contribution in [0.15, 0.2) is 67.0 Å². The molecule has 0 atom stereocenters. The third kappa shape index (κ3) is 6.73. The van der Waals surface area contributed by atoms with E-state index in [9.17, 15) is 14.0 Å². The van der Waals surface area contributed by atoms with Crippen molar-refractivity contribution in [2.45, 2.75) is 20.3 Å². The first-order valence-electron chi connectivity index (χ1n) is 12.0. The van der Waals surface area contributed by atoms with E-state index >= 15 is 0 Å². The lowest BCUT2D eigenvalue weighted by Crippen LogP contribution is -2.30. The van der Waals surface area contributed by atoms with Crippen molar-refractivity contribution in [3.8, 4) is 17.4 Å². The molecule has 4 aromatic rings. The number of nitrogens with one attached hydrogen (secondary N) is 3. The van der Waals surface area contributed by atoms with E-state index < -0.39 is 0 Å². The maximum Gasteiger partial charge on any atom is 0.319 e. The van der Waals surface area contributed by atoms with Crippen molar-refractivity contribution in [1.29, 1.82) is 0 Å². The molecule has 3 N–H and O–H groups in total. The minimum absolute atomic E-state index is 0.150. The number of rotatable bonds is 9. The maximum atomic E-state index is 13.3. The van der Waals surface area contributed by atoms with Crippen LogP contribution in [-0.4, -0.2) is 35.6 Å². The van der Waals surface area contributed by atoms with Gasteiger partial charge in [-0.2, -0.15) is 0 Å². The molecule has 1 heterocycles. The molecule has 9 nitrogen and oxygen atoms in total. The summed E-state index contributed by atoms with van der Waals surface area (Å²) in [5, 5.41) is 8.94. The summed E-state index contributed by atoms with van der Waals surface area (Å²) in [6, 6.07) is 16.1. The van der Waals surface area contributed by atoms with Crippen LogP contribution in [0, 0.1) is 11.7 Å². The van der Waals surface area contributed by atoms with Crippen LogP contribution in [0.2, 0.25) is 0 Å². The van der Waals surface area contributed by atoms with Crippen LogP contribution in [0.25, 0.3) is 10.9 Å². The summed E-state index contributed by atoms with van der Waals surface area (Å²) in [6.45, 7) is 3.97. The molecule has 0 spiro atoms. The van der Waals surface area contributed by atoms with Gasteiger partial charge in [-0.1, -0.05) is 26.0 Å². The van der Waals surface area contributed by atoms with Crippen LogP contribution in [0.5, 0.6) is 17.4 Å². The second-order valence-electron chi connectivity index (χ2n) is 8.78. The Labute approximate surface area is 219 Å². The molecule has 0 aliphatic heterocycles. The first-order chi connectivity index (χ1) is 18.3. The zero-order chi connectivity index (χ0) is 27.1. The van der Waals surface area contributed by atoms with E-state index in [-0.39, 0.29) is 23.7 Å². The van der Waals surface area contributed by atoms with Crippen molar-refractivity contribution in [1.82, 2.24) is 15.3 Å². The van der Waals surface area contributed by atoms with Gasteiger partial charge in [-0.25, -0.2) is 19.2 Å². The van der Waals surface area contributed by atoms with Gasteiger partial charge in [-0.15, -0.1) is 0 Å². The summed E-state index contributed by atoms with van der Waals surface area (Å²) >= 11 is 0. The van der Waals surface area contributed by atoms with Gasteiger partial charge in [0.25, 0.3) is 0 Å². The van der Waals surface area contributed by atoms with E-state index in [1.54, 1.807) is 62.4 Å². The Kier molecular flexibility index (Phi) is 8.32. The zero-order valence-corrected chi connectivity index (χ0v) is 21.2. The third-order valence-electron chi connectivity index (χ3n) is 5.62. The molecule has 0 aliphatic carbocycles. The highest BCUT2D eigenvalue weighted by Gasteiger charge is 2.15. The van der Waals surface area contributed by atoms with Crippen molar-refractivity contribution in [3.63, 3.8) is 0 Å². The molecule has 196 valence electrons. The minimum Gasteiger partial charge on any atom is -0.494 e. The molecule has 0 saturated carbocycles. The molecule has 3 aromatic carbocycles. The number of nitrogens with zero attached hydrogens (tertiary/aromatic N) is 2. The minimum atomic E-state index is -0.373. The Bertz CT molecular complexity index is 1440. The summed E-state index contributed by atoms with van der Waals surface area (Å²) in [4.78, 5) is 33.0. The maximum absolute atomic E-state index is 13.3. The molecule has 0 aliphatic rings. The van der Waals surface area contributed by atoms with Crippen molar-refractivity contribution in [2.24, 2.45) is 5.92 Å². The fourth-order valence-corrected chi connectivity index (χ4v) is 3.59. The topological polar surface area (TPSA) is 114 Å². The Morgan fingerprint density at radius 3 is 2.50 bits per heavy atom. The average molecular weight is 518 g/mol. The summed E-state index contributed by atoms with van der Waals surface area (Å²) in [5.74, 6) is 0.603. The van der Waals surface area contributed by atoms with Crippen molar-refractivity contribution < 1.29 is 23.5 Å².